The van der Waals surface area contributed by atoms with Gasteiger partial charge in [0.05, 0.1) is 30.6 Å². The van der Waals surface area contributed by atoms with Crippen molar-refractivity contribution in [2.75, 3.05) is 23.3 Å². The maximum absolute atomic E-state index is 8.75. The molecule has 8 heteroatoms. The first kappa shape index (κ1) is 16.3. The molecule has 0 amide bonds. The Hall–Kier alpha value is -3.21. The summed E-state index contributed by atoms with van der Waals surface area (Å²) in [5.41, 5.74) is 1.83. The van der Waals surface area contributed by atoms with Gasteiger partial charge < -0.3 is 10.2 Å². The number of pyridine rings is 1. The molecule has 0 bridgehead atoms. The molecule has 1 saturated heterocycles. The molecule has 0 aromatic carbocycles. The minimum atomic E-state index is 0.401. The Balaban J connectivity index is 1.46. The van der Waals surface area contributed by atoms with Crippen molar-refractivity contribution in [3.63, 3.8) is 0 Å². The summed E-state index contributed by atoms with van der Waals surface area (Å²) in [6.45, 7) is 3.35. The normalized spacial score (nSPS) is 13.9. The lowest BCUT2D eigenvalue weighted by Crippen LogP contribution is -2.18. The van der Waals surface area contributed by atoms with Crippen LogP contribution >= 0.6 is 0 Å². The zero-order chi connectivity index (χ0) is 17.8. The van der Waals surface area contributed by atoms with Gasteiger partial charge in [-0.2, -0.15) is 10.4 Å². The molecule has 1 fully saturated rings. The average molecular weight is 348 g/mol. The number of anilines is 2. The minimum absolute atomic E-state index is 0.401. The summed E-state index contributed by atoms with van der Waals surface area (Å²) in [7, 11) is 0. The molecule has 0 saturated carbocycles. The number of nitriles is 1. The van der Waals surface area contributed by atoms with Gasteiger partial charge in [0, 0.05) is 25.8 Å². The van der Waals surface area contributed by atoms with E-state index in [9.17, 15) is 0 Å². The van der Waals surface area contributed by atoms with Crippen molar-refractivity contribution >= 4 is 22.7 Å². The van der Waals surface area contributed by atoms with Crippen molar-refractivity contribution in [2.45, 2.75) is 32.4 Å². The first-order valence-electron chi connectivity index (χ1n) is 8.82. The molecule has 4 heterocycles. The van der Waals surface area contributed by atoms with E-state index < -0.39 is 0 Å². The van der Waals surface area contributed by atoms with E-state index in [-0.39, 0.29) is 0 Å². The van der Waals surface area contributed by atoms with Gasteiger partial charge >= 0.3 is 0 Å². The fourth-order valence-electron chi connectivity index (χ4n) is 3.19. The van der Waals surface area contributed by atoms with Crippen molar-refractivity contribution < 1.29 is 0 Å². The Labute approximate surface area is 151 Å². The zero-order valence-electron chi connectivity index (χ0n) is 14.5. The van der Waals surface area contributed by atoms with Crippen molar-refractivity contribution in [1.29, 1.82) is 5.26 Å². The topological polar surface area (TPSA) is 95.6 Å². The van der Waals surface area contributed by atoms with Gasteiger partial charge in [-0.1, -0.05) is 6.07 Å². The Bertz CT molecular complexity index is 919. The molecule has 3 aromatic rings. The molecule has 132 valence electrons. The van der Waals surface area contributed by atoms with Crippen molar-refractivity contribution in [3.8, 4) is 6.07 Å². The summed E-state index contributed by atoms with van der Waals surface area (Å²) in [6, 6.07) is 6.31. The number of fused-ring (bicyclic) bond motifs is 1. The highest BCUT2D eigenvalue weighted by molar-refractivity contribution is 5.86. The summed E-state index contributed by atoms with van der Waals surface area (Å²) in [5.74, 6) is 1.79. The van der Waals surface area contributed by atoms with Gasteiger partial charge in [0.2, 0.25) is 0 Å². The van der Waals surface area contributed by atoms with Gasteiger partial charge in [-0.15, -0.1) is 0 Å². The Morgan fingerprint density at radius 1 is 1.12 bits per heavy atom. The van der Waals surface area contributed by atoms with E-state index in [0.717, 1.165) is 41.3 Å². The van der Waals surface area contributed by atoms with Gasteiger partial charge in [-0.25, -0.2) is 19.6 Å². The second-order valence-electron chi connectivity index (χ2n) is 6.31. The van der Waals surface area contributed by atoms with Gasteiger partial charge in [0.1, 0.15) is 18.0 Å². The van der Waals surface area contributed by atoms with Gasteiger partial charge in [-0.3, -0.25) is 0 Å². The second kappa shape index (κ2) is 7.35. The molecule has 26 heavy (non-hydrogen) atoms. The Morgan fingerprint density at radius 3 is 2.77 bits per heavy atom. The minimum Gasteiger partial charge on any atom is -0.365 e. The highest BCUT2D eigenvalue weighted by Gasteiger charge is 2.13. The third kappa shape index (κ3) is 3.28. The first-order valence-corrected chi connectivity index (χ1v) is 8.82. The van der Waals surface area contributed by atoms with Crippen molar-refractivity contribution in [2.24, 2.45) is 0 Å². The van der Waals surface area contributed by atoms with Gasteiger partial charge in [0.15, 0.2) is 5.65 Å². The summed E-state index contributed by atoms with van der Waals surface area (Å²) in [4.78, 5) is 15.5. The average Bonchev–Trinajstić information content (AvgIpc) is 3.35. The highest BCUT2D eigenvalue weighted by atomic mass is 15.3. The molecule has 3 aromatic heterocycles. The summed E-state index contributed by atoms with van der Waals surface area (Å²) >= 11 is 0. The van der Waals surface area contributed by atoms with Crippen molar-refractivity contribution in [3.05, 3.63) is 36.4 Å². The molecular formula is C18H20N8. The summed E-state index contributed by atoms with van der Waals surface area (Å²) in [6.07, 6.45) is 8.06. The van der Waals surface area contributed by atoms with Gasteiger partial charge in [-0.05, 0) is 24.5 Å². The maximum atomic E-state index is 8.75. The van der Waals surface area contributed by atoms with Crippen LogP contribution in [0.4, 0.5) is 11.6 Å². The number of nitrogens with zero attached hydrogens (tertiary/aromatic N) is 7. The molecule has 0 aliphatic carbocycles. The first-order chi connectivity index (χ1) is 12.8. The summed E-state index contributed by atoms with van der Waals surface area (Å²) in [5, 5.41) is 17.2. The zero-order valence-corrected chi connectivity index (χ0v) is 14.5. The lowest BCUT2D eigenvalue weighted by atomic mass is 10.2. The summed E-state index contributed by atoms with van der Waals surface area (Å²) < 4.78 is 1.73. The lowest BCUT2D eigenvalue weighted by molar-refractivity contribution is 0.643. The predicted octanol–water partition coefficient (Wildman–Crippen LogP) is 2.35. The molecule has 0 radical (unpaired) electrons. The fraction of sp³-hybridized carbons (Fsp3) is 0.389. The standard InChI is InChI=1S/C18H20N8/c19-6-3-9-26-18-15(12-24-26)17(22-13-23-18)21-11-14-4-5-16(20-10-14)25-7-1-2-8-25/h4-5,10,12-13H,1-3,7-9,11H2,(H,21,22,23). The molecule has 0 spiro atoms. The van der Waals surface area contributed by atoms with E-state index in [1.54, 1.807) is 10.9 Å². The second-order valence-corrected chi connectivity index (χ2v) is 6.31. The SMILES string of the molecule is N#CCCn1ncc2c(NCc3ccc(N4CCCC4)nc3)ncnc21. The van der Waals surface area contributed by atoms with E-state index in [1.165, 1.54) is 19.2 Å². The van der Waals surface area contributed by atoms with Crippen LogP contribution in [-0.4, -0.2) is 37.8 Å². The monoisotopic (exact) mass is 348 g/mol. The molecule has 1 N–H and O–H groups in total. The van der Waals surface area contributed by atoms with Crippen LogP contribution in [0.5, 0.6) is 0 Å². The lowest BCUT2D eigenvalue weighted by Gasteiger charge is -2.16. The van der Waals surface area contributed by atoms with E-state index >= 15 is 0 Å². The highest BCUT2D eigenvalue weighted by Crippen LogP contribution is 2.21. The predicted molar refractivity (Wildman–Crippen MR) is 98.6 cm³/mol. The Morgan fingerprint density at radius 2 is 2.00 bits per heavy atom. The van der Waals surface area contributed by atoms with Crippen LogP contribution in [0.3, 0.4) is 0 Å². The molecule has 0 unspecified atom stereocenters. The molecule has 1 aliphatic rings. The smallest absolute Gasteiger partial charge is 0.163 e. The van der Waals surface area contributed by atoms with Crippen LogP contribution in [0.1, 0.15) is 24.8 Å². The molecule has 8 nitrogen and oxygen atoms in total. The molecular weight excluding hydrogens is 328 g/mol. The van der Waals surface area contributed by atoms with Crippen LogP contribution in [-0.2, 0) is 13.1 Å². The maximum Gasteiger partial charge on any atom is 0.163 e. The van der Waals surface area contributed by atoms with Crippen LogP contribution in [0, 0.1) is 11.3 Å². The van der Waals surface area contributed by atoms with Crippen LogP contribution < -0.4 is 10.2 Å². The van der Waals surface area contributed by atoms with E-state index in [0.29, 0.717) is 19.5 Å². The quantitative estimate of drug-likeness (QED) is 0.730. The van der Waals surface area contributed by atoms with Gasteiger partial charge in [0.25, 0.3) is 0 Å². The van der Waals surface area contributed by atoms with E-state index in [4.69, 9.17) is 5.26 Å². The number of hydrogen-bond acceptors (Lipinski definition) is 7. The molecule has 0 atom stereocenters. The van der Waals surface area contributed by atoms with Crippen LogP contribution in [0.25, 0.3) is 11.0 Å². The number of aryl methyl sites for hydroxylation is 1. The molecule has 4 rings (SSSR count). The van der Waals surface area contributed by atoms with E-state index in [1.807, 2.05) is 6.20 Å². The number of hydrogen-bond donors (Lipinski definition) is 1. The number of nitrogens with one attached hydrogen (secondary N) is 1. The van der Waals surface area contributed by atoms with Crippen LogP contribution in [0.15, 0.2) is 30.9 Å². The number of rotatable bonds is 6. The Kier molecular flexibility index (Phi) is 4.60. The largest absolute Gasteiger partial charge is 0.365 e. The number of aromatic nitrogens is 5. The third-order valence-electron chi connectivity index (χ3n) is 4.57. The van der Waals surface area contributed by atoms with Crippen molar-refractivity contribution in [1.82, 2.24) is 24.7 Å². The van der Waals surface area contributed by atoms with E-state index in [2.05, 4.69) is 48.5 Å². The molecule has 1 aliphatic heterocycles. The van der Waals surface area contributed by atoms with Crippen LogP contribution in [0.2, 0.25) is 0 Å². The fourth-order valence-corrected chi connectivity index (χ4v) is 3.19. The third-order valence-corrected chi connectivity index (χ3v) is 4.57.